The third-order valence-electron chi connectivity index (χ3n) is 6.53. The van der Waals surface area contributed by atoms with E-state index in [1.807, 2.05) is 12.3 Å². The largest absolute Gasteiger partial charge is 0.342 e. The second-order valence-corrected chi connectivity index (χ2v) is 9.97. The normalized spacial score (nSPS) is 28.3. The molecule has 3 aliphatic heterocycles. The molecule has 8 nitrogen and oxygen atoms in total. The predicted octanol–water partition coefficient (Wildman–Crippen LogP) is 2.38. The molecule has 0 bridgehead atoms. The van der Waals surface area contributed by atoms with E-state index in [0.717, 1.165) is 72.8 Å². The van der Waals surface area contributed by atoms with Crippen LogP contribution in [-0.2, 0) is 4.79 Å². The fraction of sp³-hybridized carbons (Fsp3) is 0.591. The number of amides is 1. The summed E-state index contributed by atoms with van der Waals surface area (Å²) in [4.78, 5) is 34.9. The lowest BCUT2D eigenvalue weighted by atomic mass is 10.0. The maximum Gasteiger partial charge on any atom is 0.244 e. The lowest BCUT2D eigenvalue weighted by molar-refractivity contribution is -0.120. The van der Waals surface area contributed by atoms with Crippen LogP contribution in [-0.4, -0.2) is 64.8 Å². The average Bonchev–Trinajstić information content (AvgIpc) is 3.30. The smallest absolute Gasteiger partial charge is 0.244 e. The number of rotatable bonds is 3. The number of hydrogen-bond acceptors (Lipinski definition) is 7. The quantitative estimate of drug-likeness (QED) is 0.769. The van der Waals surface area contributed by atoms with Crippen molar-refractivity contribution in [3.8, 4) is 0 Å². The van der Waals surface area contributed by atoms with E-state index in [2.05, 4.69) is 20.5 Å². The highest BCUT2D eigenvalue weighted by Gasteiger charge is 2.37. The van der Waals surface area contributed by atoms with Crippen molar-refractivity contribution in [3.63, 3.8) is 0 Å². The molecule has 9 heteroatoms. The third-order valence-corrected chi connectivity index (χ3v) is 7.62. The van der Waals surface area contributed by atoms with Gasteiger partial charge in [-0.05, 0) is 51.1 Å². The van der Waals surface area contributed by atoms with Gasteiger partial charge in [0.2, 0.25) is 11.9 Å². The fourth-order valence-corrected chi connectivity index (χ4v) is 5.78. The van der Waals surface area contributed by atoms with E-state index in [4.69, 9.17) is 15.0 Å². The van der Waals surface area contributed by atoms with Gasteiger partial charge in [-0.15, -0.1) is 11.3 Å². The van der Waals surface area contributed by atoms with Gasteiger partial charge in [0.1, 0.15) is 22.3 Å². The van der Waals surface area contributed by atoms with Crippen molar-refractivity contribution in [2.45, 2.75) is 56.4 Å². The standard InChI is InChI=1S/C22H27N7OS/c30-20-16(21-26-18-15(31-21)7-9-24-17(18)13-5-6-13)19(25-14-4-3-8-23-12-14)27-22(28-20)29-10-1-2-11-29/h7,9,13-14,16,23H,1-6,8,10-12H2,(H,25,27,28,30)/t14-,16?/m1/s1. The molecule has 2 aromatic rings. The average molecular weight is 438 g/mol. The first-order valence-electron chi connectivity index (χ1n) is 11.4. The van der Waals surface area contributed by atoms with Crippen LogP contribution in [0.25, 0.3) is 10.2 Å². The molecule has 6 rings (SSSR count). The highest BCUT2D eigenvalue weighted by Crippen LogP contribution is 2.43. The summed E-state index contributed by atoms with van der Waals surface area (Å²) in [6.45, 7) is 3.73. The van der Waals surface area contributed by atoms with Gasteiger partial charge in [0.05, 0.1) is 16.4 Å². The van der Waals surface area contributed by atoms with Gasteiger partial charge in [0.25, 0.3) is 0 Å². The van der Waals surface area contributed by atoms with Gasteiger partial charge in [-0.3, -0.25) is 20.1 Å². The van der Waals surface area contributed by atoms with Gasteiger partial charge in [-0.25, -0.2) is 4.98 Å². The SMILES string of the molecule is O=C1NC(N2CCCC2)=NC(=N[C@@H]2CCCNC2)C1c1nc2c(C3CC3)nccc2s1. The summed E-state index contributed by atoms with van der Waals surface area (Å²) in [5.41, 5.74) is 2.03. The molecule has 1 saturated carbocycles. The van der Waals surface area contributed by atoms with Gasteiger partial charge in [0, 0.05) is 31.7 Å². The zero-order valence-corrected chi connectivity index (χ0v) is 18.3. The highest BCUT2D eigenvalue weighted by molar-refractivity contribution is 7.18. The number of thiazole rings is 1. The highest BCUT2D eigenvalue weighted by atomic mass is 32.1. The molecule has 2 atom stereocenters. The molecule has 1 unspecified atom stereocenters. The van der Waals surface area contributed by atoms with Crippen LogP contribution in [0.2, 0.25) is 0 Å². The first-order valence-corrected chi connectivity index (χ1v) is 12.3. The monoisotopic (exact) mass is 437 g/mol. The third kappa shape index (κ3) is 3.74. The molecule has 5 heterocycles. The number of piperidine rings is 1. The van der Waals surface area contributed by atoms with E-state index < -0.39 is 5.92 Å². The second kappa shape index (κ2) is 7.94. The van der Waals surface area contributed by atoms with Crippen molar-refractivity contribution < 1.29 is 4.79 Å². The summed E-state index contributed by atoms with van der Waals surface area (Å²) in [5.74, 6) is 1.15. The van der Waals surface area contributed by atoms with Gasteiger partial charge in [0.15, 0.2) is 0 Å². The Bertz CT molecular complexity index is 1060. The number of pyridine rings is 1. The van der Waals surface area contributed by atoms with E-state index in [1.54, 1.807) is 11.3 Å². The predicted molar refractivity (Wildman–Crippen MR) is 122 cm³/mol. The molecular formula is C22H27N7OS. The van der Waals surface area contributed by atoms with Crippen LogP contribution in [0.3, 0.4) is 0 Å². The minimum atomic E-state index is -0.558. The summed E-state index contributed by atoms with van der Waals surface area (Å²) in [6.07, 6.45) is 8.60. The van der Waals surface area contributed by atoms with Crippen LogP contribution in [0, 0.1) is 0 Å². The number of carbonyl (C=O) groups excluding carboxylic acids is 1. The number of aromatic nitrogens is 2. The number of nitrogens with zero attached hydrogens (tertiary/aromatic N) is 5. The van der Waals surface area contributed by atoms with Gasteiger partial charge in [-0.2, -0.15) is 4.99 Å². The van der Waals surface area contributed by atoms with E-state index in [0.29, 0.717) is 17.7 Å². The second-order valence-electron chi connectivity index (χ2n) is 8.91. The number of likely N-dealkylation sites (tertiary alicyclic amines) is 1. The van der Waals surface area contributed by atoms with E-state index in [9.17, 15) is 4.79 Å². The van der Waals surface area contributed by atoms with Crippen molar-refractivity contribution in [1.29, 1.82) is 0 Å². The van der Waals surface area contributed by atoms with Crippen molar-refractivity contribution >= 4 is 39.3 Å². The molecule has 4 aliphatic rings. The summed E-state index contributed by atoms with van der Waals surface area (Å²) in [5, 5.41) is 7.25. The van der Waals surface area contributed by atoms with Crippen LogP contribution in [0.5, 0.6) is 0 Å². The Balaban J connectivity index is 1.41. The molecule has 0 aromatic carbocycles. The molecule has 1 amide bonds. The van der Waals surface area contributed by atoms with Crippen LogP contribution in [0.1, 0.15) is 61.1 Å². The lowest BCUT2D eigenvalue weighted by Gasteiger charge is -2.28. The Morgan fingerprint density at radius 1 is 1.16 bits per heavy atom. The lowest BCUT2D eigenvalue weighted by Crippen LogP contribution is -2.50. The number of amidine groups is 1. The van der Waals surface area contributed by atoms with Gasteiger partial charge in [-0.1, -0.05) is 0 Å². The maximum absolute atomic E-state index is 13.4. The number of carbonyl (C=O) groups is 1. The molecule has 31 heavy (non-hydrogen) atoms. The van der Waals surface area contributed by atoms with E-state index in [1.165, 1.54) is 12.8 Å². The Labute approximate surface area is 185 Å². The van der Waals surface area contributed by atoms with Crippen LogP contribution < -0.4 is 10.6 Å². The van der Waals surface area contributed by atoms with E-state index >= 15 is 0 Å². The van der Waals surface area contributed by atoms with Crippen molar-refractivity contribution in [2.24, 2.45) is 9.98 Å². The summed E-state index contributed by atoms with van der Waals surface area (Å²) in [7, 11) is 0. The number of guanidine groups is 1. The Morgan fingerprint density at radius 2 is 2.03 bits per heavy atom. The molecule has 2 saturated heterocycles. The van der Waals surface area contributed by atoms with Crippen LogP contribution in [0.15, 0.2) is 22.2 Å². The number of hydrogen-bond donors (Lipinski definition) is 2. The first-order chi connectivity index (χ1) is 15.3. The van der Waals surface area contributed by atoms with E-state index in [-0.39, 0.29) is 11.9 Å². The topological polar surface area (TPSA) is 94.9 Å². The zero-order valence-electron chi connectivity index (χ0n) is 17.5. The minimum absolute atomic E-state index is 0.0700. The van der Waals surface area contributed by atoms with Crippen molar-refractivity contribution in [1.82, 2.24) is 25.5 Å². The molecule has 2 N–H and O–H groups in total. The Morgan fingerprint density at radius 3 is 2.81 bits per heavy atom. The molecule has 2 aromatic heterocycles. The van der Waals surface area contributed by atoms with Gasteiger partial charge >= 0.3 is 0 Å². The summed E-state index contributed by atoms with van der Waals surface area (Å²) >= 11 is 1.57. The fourth-order valence-electron chi connectivity index (χ4n) is 4.71. The summed E-state index contributed by atoms with van der Waals surface area (Å²) in [6, 6.07) is 2.16. The van der Waals surface area contributed by atoms with Gasteiger partial charge < -0.3 is 10.2 Å². The van der Waals surface area contributed by atoms with Crippen molar-refractivity contribution in [2.75, 3.05) is 26.2 Å². The Kier molecular flexibility index (Phi) is 4.95. The number of fused-ring (bicyclic) bond motifs is 1. The number of nitrogens with one attached hydrogen (secondary N) is 2. The number of aliphatic imine (C=N–C) groups is 2. The minimum Gasteiger partial charge on any atom is -0.342 e. The first kappa shape index (κ1) is 19.3. The maximum atomic E-state index is 13.4. The summed E-state index contributed by atoms with van der Waals surface area (Å²) < 4.78 is 1.09. The molecule has 162 valence electrons. The Hall–Kier alpha value is -2.39. The van der Waals surface area contributed by atoms with Crippen LogP contribution >= 0.6 is 11.3 Å². The molecule has 0 spiro atoms. The molecule has 3 fully saturated rings. The van der Waals surface area contributed by atoms with Crippen molar-refractivity contribution in [3.05, 3.63) is 23.0 Å². The zero-order chi connectivity index (χ0) is 20.8. The molecule has 1 aliphatic carbocycles. The molecular weight excluding hydrogens is 410 g/mol. The molecule has 0 radical (unpaired) electrons. The van der Waals surface area contributed by atoms with Crippen LogP contribution in [0.4, 0.5) is 0 Å².